The Bertz CT molecular complexity index is 1900. The number of sulfonamides is 1. The molecule has 4 N–H and O–H groups in total. The Morgan fingerprint density at radius 2 is 1.62 bits per heavy atom. The van der Waals surface area contributed by atoms with Gasteiger partial charge in [0.1, 0.15) is 0 Å². The van der Waals surface area contributed by atoms with Crippen LogP contribution in [0.25, 0.3) is 10.9 Å². The average Bonchev–Trinajstić information content (AvgIpc) is 3.60. The van der Waals surface area contributed by atoms with Crippen LogP contribution < -0.4 is 4.72 Å². The molecule has 0 bridgehead atoms. The first-order valence-electron chi connectivity index (χ1n) is 12.3. The predicted molar refractivity (Wildman–Crippen MR) is 152 cm³/mol. The minimum atomic E-state index is -3.89. The molecule has 0 saturated carbocycles. The maximum Gasteiger partial charge on any atom is 0.261 e. The second-order valence-corrected chi connectivity index (χ2v) is 10.7. The molecule has 0 unspecified atom stereocenters. The first-order valence-corrected chi connectivity index (χ1v) is 13.8. The Balaban J connectivity index is 1.43. The molecule has 6 rings (SSSR count). The molecule has 0 saturated heterocycles. The van der Waals surface area contributed by atoms with Crippen LogP contribution in [0.4, 0.5) is 11.4 Å². The number of tetrazole rings is 1. The highest BCUT2D eigenvalue weighted by Gasteiger charge is 2.22. The van der Waals surface area contributed by atoms with E-state index < -0.39 is 10.0 Å². The number of fused-ring (bicyclic) bond motifs is 1. The van der Waals surface area contributed by atoms with Crippen molar-refractivity contribution in [3.8, 4) is 5.88 Å². The van der Waals surface area contributed by atoms with Crippen molar-refractivity contribution in [2.45, 2.75) is 11.3 Å². The zero-order valence-corrected chi connectivity index (χ0v) is 21.8. The molecule has 6 aromatic rings. The number of aromatic hydroxyl groups is 1. The number of hydrogen-bond acceptors (Lipinski definition) is 7. The lowest BCUT2D eigenvalue weighted by Crippen LogP contribution is -2.12. The summed E-state index contributed by atoms with van der Waals surface area (Å²) in [4.78, 5) is 7.92. The van der Waals surface area contributed by atoms with E-state index in [4.69, 9.17) is 4.99 Å². The standard InChI is InChI=1S/C29H23N7O3S/c37-29-27(24-18-23(15-16-25(24)31-29)40(38,39)34-22-9-5-2-6-10-22)28(20-7-3-1-4-8-20)30-21-13-11-19(12-14-21)17-26-32-35-36-33-26/h1-16,18,31,34,37H,17H2,(H,32,33,35,36). The number of H-pyrrole nitrogens is 2. The van der Waals surface area contributed by atoms with Gasteiger partial charge >= 0.3 is 0 Å². The summed E-state index contributed by atoms with van der Waals surface area (Å²) in [6, 6.07) is 30.3. The summed E-state index contributed by atoms with van der Waals surface area (Å²) in [7, 11) is -3.89. The van der Waals surface area contributed by atoms with Crippen molar-refractivity contribution in [1.29, 1.82) is 0 Å². The van der Waals surface area contributed by atoms with Crippen molar-refractivity contribution >= 4 is 38.0 Å². The van der Waals surface area contributed by atoms with E-state index in [1.54, 1.807) is 36.4 Å². The van der Waals surface area contributed by atoms with Crippen LogP contribution >= 0.6 is 0 Å². The van der Waals surface area contributed by atoms with Crippen LogP contribution in [0.2, 0.25) is 0 Å². The minimum absolute atomic E-state index is 0.0577. The molecule has 0 aliphatic rings. The van der Waals surface area contributed by atoms with Crippen LogP contribution in [0.5, 0.6) is 5.88 Å². The number of aromatic nitrogens is 5. The number of nitrogens with zero attached hydrogens (tertiary/aromatic N) is 4. The molecular formula is C29H23N7O3S. The summed E-state index contributed by atoms with van der Waals surface area (Å²) in [6.45, 7) is 0. The molecule has 10 nitrogen and oxygen atoms in total. The van der Waals surface area contributed by atoms with Gasteiger partial charge in [-0.25, -0.2) is 13.4 Å². The maximum atomic E-state index is 13.2. The highest BCUT2D eigenvalue weighted by atomic mass is 32.2. The van der Waals surface area contributed by atoms with E-state index in [2.05, 4.69) is 30.3 Å². The Morgan fingerprint density at radius 1 is 0.900 bits per heavy atom. The van der Waals surface area contributed by atoms with E-state index in [1.807, 2.05) is 60.7 Å². The molecule has 0 atom stereocenters. The fourth-order valence-corrected chi connectivity index (χ4v) is 5.49. The lowest BCUT2D eigenvalue weighted by Gasteiger charge is -2.10. The second kappa shape index (κ2) is 10.5. The van der Waals surface area contributed by atoms with Crippen LogP contribution in [0, 0.1) is 0 Å². The molecule has 198 valence electrons. The van der Waals surface area contributed by atoms with Gasteiger partial charge in [-0.2, -0.15) is 5.21 Å². The molecule has 2 aromatic heterocycles. The molecule has 0 radical (unpaired) electrons. The van der Waals surface area contributed by atoms with Crippen LogP contribution in [-0.2, 0) is 16.4 Å². The average molecular weight is 550 g/mol. The summed E-state index contributed by atoms with van der Waals surface area (Å²) >= 11 is 0. The fraction of sp³-hybridized carbons (Fsp3) is 0.0345. The number of aromatic amines is 2. The van der Waals surface area contributed by atoms with Gasteiger partial charge in [0.05, 0.1) is 21.9 Å². The van der Waals surface area contributed by atoms with Gasteiger partial charge in [0, 0.05) is 28.6 Å². The Morgan fingerprint density at radius 3 is 2.33 bits per heavy atom. The lowest BCUT2D eigenvalue weighted by molar-refractivity contribution is 0.457. The smallest absolute Gasteiger partial charge is 0.261 e. The van der Waals surface area contributed by atoms with Crippen molar-refractivity contribution in [3.63, 3.8) is 0 Å². The lowest BCUT2D eigenvalue weighted by atomic mass is 10.0. The first kappa shape index (κ1) is 25.0. The van der Waals surface area contributed by atoms with Gasteiger partial charge < -0.3 is 10.1 Å². The van der Waals surface area contributed by atoms with E-state index in [0.29, 0.717) is 45.8 Å². The topological polar surface area (TPSA) is 149 Å². The van der Waals surface area contributed by atoms with Crippen LogP contribution in [0.15, 0.2) is 113 Å². The van der Waals surface area contributed by atoms with Gasteiger partial charge in [0.2, 0.25) is 0 Å². The molecule has 4 aromatic carbocycles. The molecule has 0 spiro atoms. The van der Waals surface area contributed by atoms with Gasteiger partial charge in [-0.15, -0.1) is 10.2 Å². The molecule has 11 heteroatoms. The first-order chi connectivity index (χ1) is 19.5. The number of rotatable bonds is 8. The van der Waals surface area contributed by atoms with Crippen LogP contribution in [0.1, 0.15) is 22.5 Å². The SMILES string of the molecule is O=S(=O)(Nc1ccccc1)c1ccc2[nH]c(O)c(C(=Nc3ccc(Cc4nn[nH]n4)cc3)c3ccccc3)c2c1. The normalized spacial score (nSPS) is 12.1. The zero-order chi connectivity index (χ0) is 27.5. The summed E-state index contributed by atoms with van der Waals surface area (Å²) in [5, 5.41) is 25.6. The van der Waals surface area contributed by atoms with Crippen molar-refractivity contribution in [1.82, 2.24) is 25.6 Å². The molecule has 0 aliphatic heterocycles. The number of aliphatic imine (C=N–C) groups is 1. The van der Waals surface area contributed by atoms with E-state index in [-0.39, 0.29) is 10.8 Å². The van der Waals surface area contributed by atoms with E-state index in [9.17, 15) is 13.5 Å². The van der Waals surface area contributed by atoms with Crippen molar-refractivity contribution in [2.24, 2.45) is 4.99 Å². The monoisotopic (exact) mass is 549 g/mol. The van der Waals surface area contributed by atoms with E-state index >= 15 is 0 Å². The summed E-state index contributed by atoms with van der Waals surface area (Å²) < 4.78 is 29.0. The maximum absolute atomic E-state index is 13.2. The molecular weight excluding hydrogens is 526 g/mol. The second-order valence-electron chi connectivity index (χ2n) is 9.03. The van der Waals surface area contributed by atoms with Crippen LogP contribution in [-0.4, -0.2) is 44.8 Å². The van der Waals surface area contributed by atoms with E-state index in [0.717, 1.165) is 11.1 Å². The number of hydrogen-bond donors (Lipinski definition) is 4. The summed E-state index contributed by atoms with van der Waals surface area (Å²) in [5.74, 6) is 0.467. The Labute approximate surface area is 229 Å². The zero-order valence-electron chi connectivity index (χ0n) is 21.0. The third kappa shape index (κ3) is 5.18. The van der Waals surface area contributed by atoms with Crippen molar-refractivity contribution in [2.75, 3.05) is 4.72 Å². The summed E-state index contributed by atoms with van der Waals surface area (Å²) in [6.07, 6.45) is 0.517. The number of anilines is 1. The fourth-order valence-electron chi connectivity index (χ4n) is 4.40. The number of nitrogens with one attached hydrogen (secondary N) is 3. The van der Waals surface area contributed by atoms with Gasteiger partial charge in [-0.05, 0) is 48.0 Å². The quantitative estimate of drug-likeness (QED) is 0.197. The minimum Gasteiger partial charge on any atom is -0.494 e. The van der Waals surface area contributed by atoms with Gasteiger partial charge in [-0.3, -0.25) is 4.72 Å². The van der Waals surface area contributed by atoms with Gasteiger partial charge in [-0.1, -0.05) is 65.9 Å². The largest absolute Gasteiger partial charge is 0.494 e. The predicted octanol–water partition coefficient (Wildman–Crippen LogP) is 4.95. The number of para-hydroxylation sites is 1. The molecule has 0 fully saturated rings. The summed E-state index contributed by atoms with van der Waals surface area (Å²) in [5.41, 5.74) is 4.30. The third-order valence-electron chi connectivity index (χ3n) is 6.30. The molecule has 2 heterocycles. The Hall–Kier alpha value is -5.29. The van der Waals surface area contributed by atoms with Crippen molar-refractivity contribution < 1.29 is 13.5 Å². The van der Waals surface area contributed by atoms with Gasteiger partial charge in [0.15, 0.2) is 11.7 Å². The third-order valence-corrected chi connectivity index (χ3v) is 7.68. The molecule has 0 aliphatic carbocycles. The molecule has 0 amide bonds. The highest BCUT2D eigenvalue weighted by molar-refractivity contribution is 7.92. The Kier molecular flexibility index (Phi) is 6.54. The van der Waals surface area contributed by atoms with Crippen LogP contribution in [0.3, 0.4) is 0 Å². The highest BCUT2D eigenvalue weighted by Crippen LogP contribution is 2.33. The van der Waals surface area contributed by atoms with E-state index in [1.165, 1.54) is 6.07 Å². The van der Waals surface area contributed by atoms with Gasteiger partial charge in [0.25, 0.3) is 10.0 Å². The molecule has 40 heavy (non-hydrogen) atoms. The number of benzene rings is 4. The van der Waals surface area contributed by atoms with Crippen molar-refractivity contribution in [3.05, 3.63) is 126 Å².